The minimum atomic E-state index is 0.223. The monoisotopic (exact) mass is 257 g/mol. The van der Waals surface area contributed by atoms with Crippen LogP contribution in [0.2, 0.25) is 0 Å². The summed E-state index contributed by atoms with van der Waals surface area (Å²) in [7, 11) is 0. The van der Waals surface area contributed by atoms with Crippen molar-refractivity contribution in [3.63, 3.8) is 0 Å². The fourth-order valence-electron chi connectivity index (χ4n) is 2.23. The van der Waals surface area contributed by atoms with Gasteiger partial charge >= 0.3 is 0 Å². The van der Waals surface area contributed by atoms with Crippen molar-refractivity contribution in [1.29, 1.82) is 0 Å². The zero-order valence-corrected chi connectivity index (χ0v) is 11.0. The summed E-state index contributed by atoms with van der Waals surface area (Å²) in [4.78, 5) is 0. The van der Waals surface area contributed by atoms with Crippen LogP contribution >= 0.6 is 11.3 Å². The van der Waals surface area contributed by atoms with Gasteiger partial charge in [0.25, 0.3) is 0 Å². The third-order valence-electron chi connectivity index (χ3n) is 3.05. The first kappa shape index (κ1) is 11.4. The Labute approximate surface area is 110 Å². The van der Waals surface area contributed by atoms with Crippen molar-refractivity contribution in [3.05, 3.63) is 58.5 Å². The number of fused-ring (bicyclic) bond motifs is 1. The standard InChI is InChI=1S/C14H15N3S/c1-2-15-14(11-6-8-18-10-11)12-9-16-17-7-4-3-5-13(12)17/h3-10,14-15H,2H2,1H3. The van der Waals surface area contributed by atoms with Crippen molar-refractivity contribution in [2.45, 2.75) is 13.0 Å². The maximum Gasteiger partial charge on any atom is 0.0712 e. The summed E-state index contributed by atoms with van der Waals surface area (Å²) < 4.78 is 1.92. The quantitative estimate of drug-likeness (QED) is 0.778. The maximum atomic E-state index is 4.41. The molecule has 18 heavy (non-hydrogen) atoms. The van der Waals surface area contributed by atoms with Crippen LogP contribution in [0.25, 0.3) is 5.52 Å². The van der Waals surface area contributed by atoms with E-state index in [0.717, 1.165) is 12.1 Å². The van der Waals surface area contributed by atoms with E-state index >= 15 is 0 Å². The highest BCUT2D eigenvalue weighted by Gasteiger charge is 2.17. The molecule has 3 heterocycles. The lowest BCUT2D eigenvalue weighted by Crippen LogP contribution is -2.21. The van der Waals surface area contributed by atoms with E-state index in [2.05, 4.69) is 46.3 Å². The Bertz CT molecular complexity index is 627. The molecular formula is C14H15N3S. The molecule has 0 aliphatic carbocycles. The van der Waals surface area contributed by atoms with E-state index in [-0.39, 0.29) is 6.04 Å². The topological polar surface area (TPSA) is 29.3 Å². The van der Waals surface area contributed by atoms with Crippen LogP contribution in [0.4, 0.5) is 0 Å². The van der Waals surface area contributed by atoms with Crippen LogP contribution in [-0.2, 0) is 0 Å². The summed E-state index contributed by atoms with van der Waals surface area (Å²) in [6.45, 7) is 3.07. The second-order valence-corrected chi connectivity index (χ2v) is 4.96. The van der Waals surface area contributed by atoms with Crippen molar-refractivity contribution in [3.8, 4) is 0 Å². The fourth-order valence-corrected chi connectivity index (χ4v) is 2.91. The molecule has 1 unspecified atom stereocenters. The summed E-state index contributed by atoms with van der Waals surface area (Å²) in [5.74, 6) is 0. The zero-order chi connectivity index (χ0) is 12.4. The molecule has 92 valence electrons. The summed E-state index contributed by atoms with van der Waals surface area (Å²) in [6.07, 6.45) is 3.94. The van der Waals surface area contributed by atoms with Gasteiger partial charge in [-0.05, 0) is 41.1 Å². The van der Waals surface area contributed by atoms with Crippen LogP contribution in [0.1, 0.15) is 24.1 Å². The van der Waals surface area contributed by atoms with Crippen molar-refractivity contribution >= 4 is 16.9 Å². The Morgan fingerprint density at radius 3 is 3.11 bits per heavy atom. The summed E-state index contributed by atoms with van der Waals surface area (Å²) >= 11 is 1.73. The predicted molar refractivity (Wildman–Crippen MR) is 75.0 cm³/mol. The van der Waals surface area contributed by atoms with Crippen molar-refractivity contribution in [2.24, 2.45) is 0 Å². The molecule has 3 aromatic heterocycles. The van der Waals surface area contributed by atoms with E-state index in [1.807, 2.05) is 23.0 Å². The highest BCUT2D eigenvalue weighted by molar-refractivity contribution is 7.08. The summed E-state index contributed by atoms with van der Waals surface area (Å²) in [5, 5.41) is 12.3. The molecule has 3 nitrogen and oxygen atoms in total. The third-order valence-corrected chi connectivity index (χ3v) is 3.75. The first-order valence-electron chi connectivity index (χ1n) is 6.08. The lowest BCUT2D eigenvalue weighted by molar-refractivity contribution is 0.636. The molecule has 0 radical (unpaired) electrons. The normalized spacial score (nSPS) is 12.9. The third kappa shape index (κ3) is 1.94. The SMILES string of the molecule is CCNC(c1ccsc1)c1cnn2ccccc12. The lowest BCUT2D eigenvalue weighted by atomic mass is 10.0. The number of aromatic nitrogens is 2. The molecule has 0 aliphatic rings. The van der Waals surface area contributed by atoms with E-state index in [0.29, 0.717) is 0 Å². The van der Waals surface area contributed by atoms with E-state index in [4.69, 9.17) is 0 Å². The Balaban J connectivity index is 2.10. The highest BCUT2D eigenvalue weighted by Crippen LogP contribution is 2.27. The van der Waals surface area contributed by atoms with Gasteiger partial charge in [-0.25, -0.2) is 4.52 Å². The summed E-state index contributed by atoms with van der Waals surface area (Å²) in [6, 6.07) is 8.55. The minimum Gasteiger partial charge on any atom is -0.306 e. The van der Waals surface area contributed by atoms with Gasteiger partial charge in [0.05, 0.1) is 17.8 Å². The first-order valence-corrected chi connectivity index (χ1v) is 7.02. The molecule has 4 heteroatoms. The first-order chi connectivity index (χ1) is 8.90. The van der Waals surface area contributed by atoms with E-state index < -0.39 is 0 Å². The molecule has 0 aromatic carbocycles. The molecule has 1 atom stereocenters. The Morgan fingerprint density at radius 1 is 1.39 bits per heavy atom. The Kier molecular flexibility index (Phi) is 3.13. The number of thiophene rings is 1. The number of hydrogen-bond acceptors (Lipinski definition) is 3. The fraction of sp³-hybridized carbons (Fsp3) is 0.214. The number of rotatable bonds is 4. The van der Waals surface area contributed by atoms with Gasteiger partial charge in [-0.15, -0.1) is 0 Å². The molecular weight excluding hydrogens is 242 g/mol. The van der Waals surface area contributed by atoms with Gasteiger partial charge in [0.1, 0.15) is 0 Å². The van der Waals surface area contributed by atoms with Crippen LogP contribution < -0.4 is 5.32 Å². The van der Waals surface area contributed by atoms with E-state index in [1.54, 1.807) is 11.3 Å². The molecule has 3 aromatic rings. The molecule has 0 saturated carbocycles. The number of hydrogen-bond donors (Lipinski definition) is 1. The molecule has 1 N–H and O–H groups in total. The van der Waals surface area contributed by atoms with Crippen molar-refractivity contribution in [1.82, 2.24) is 14.9 Å². The van der Waals surface area contributed by atoms with Gasteiger partial charge < -0.3 is 5.32 Å². The highest BCUT2D eigenvalue weighted by atomic mass is 32.1. The average Bonchev–Trinajstić information content (AvgIpc) is 3.06. The molecule has 3 rings (SSSR count). The Hall–Kier alpha value is -1.65. The number of nitrogens with zero attached hydrogens (tertiary/aromatic N) is 2. The lowest BCUT2D eigenvalue weighted by Gasteiger charge is -2.15. The molecule has 0 saturated heterocycles. The summed E-state index contributed by atoms with van der Waals surface area (Å²) in [5.41, 5.74) is 3.70. The average molecular weight is 257 g/mol. The largest absolute Gasteiger partial charge is 0.306 e. The van der Waals surface area contributed by atoms with Gasteiger partial charge in [0.15, 0.2) is 0 Å². The van der Waals surface area contributed by atoms with Crippen LogP contribution in [0.5, 0.6) is 0 Å². The van der Waals surface area contributed by atoms with Crippen LogP contribution in [0, 0.1) is 0 Å². The number of pyridine rings is 1. The Morgan fingerprint density at radius 2 is 2.33 bits per heavy atom. The smallest absolute Gasteiger partial charge is 0.0712 e. The number of nitrogens with one attached hydrogen (secondary N) is 1. The van der Waals surface area contributed by atoms with Crippen LogP contribution in [-0.4, -0.2) is 16.2 Å². The molecule has 0 bridgehead atoms. The predicted octanol–water partition coefficient (Wildman–Crippen LogP) is 3.09. The van der Waals surface area contributed by atoms with Gasteiger partial charge in [-0.2, -0.15) is 16.4 Å². The molecule has 0 spiro atoms. The minimum absolute atomic E-state index is 0.223. The van der Waals surface area contributed by atoms with E-state index in [1.165, 1.54) is 11.1 Å². The van der Waals surface area contributed by atoms with Crippen molar-refractivity contribution < 1.29 is 0 Å². The van der Waals surface area contributed by atoms with Crippen LogP contribution in [0.3, 0.4) is 0 Å². The van der Waals surface area contributed by atoms with Gasteiger partial charge in [-0.1, -0.05) is 13.0 Å². The van der Waals surface area contributed by atoms with Gasteiger partial charge in [0, 0.05) is 11.8 Å². The van der Waals surface area contributed by atoms with E-state index in [9.17, 15) is 0 Å². The molecule has 0 fully saturated rings. The van der Waals surface area contributed by atoms with Crippen molar-refractivity contribution in [2.75, 3.05) is 6.54 Å². The second kappa shape index (κ2) is 4.92. The van der Waals surface area contributed by atoms with Gasteiger partial charge in [-0.3, -0.25) is 0 Å². The zero-order valence-electron chi connectivity index (χ0n) is 10.2. The van der Waals surface area contributed by atoms with Crippen LogP contribution in [0.15, 0.2) is 47.4 Å². The molecule has 0 aliphatic heterocycles. The molecule has 0 amide bonds. The maximum absolute atomic E-state index is 4.41. The second-order valence-electron chi connectivity index (χ2n) is 4.18. The van der Waals surface area contributed by atoms with Gasteiger partial charge in [0.2, 0.25) is 0 Å².